The highest BCUT2D eigenvalue weighted by Gasteiger charge is 2.38. The summed E-state index contributed by atoms with van der Waals surface area (Å²) in [6.07, 6.45) is 7.30. The summed E-state index contributed by atoms with van der Waals surface area (Å²) in [6, 6.07) is 12.1. The zero-order valence-corrected chi connectivity index (χ0v) is 13.8. The first-order valence-corrected chi connectivity index (χ1v) is 8.96. The quantitative estimate of drug-likeness (QED) is 0.816. The average Bonchev–Trinajstić information content (AvgIpc) is 3.39. The van der Waals surface area contributed by atoms with Crippen LogP contribution < -0.4 is 5.32 Å². The van der Waals surface area contributed by atoms with Gasteiger partial charge in [0.15, 0.2) is 0 Å². The number of hydrogen-bond donors (Lipinski definition) is 1. The largest absolute Gasteiger partial charge is 0.351 e. The van der Waals surface area contributed by atoms with Gasteiger partial charge in [-0.2, -0.15) is 0 Å². The Kier molecular flexibility index (Phi) is 5.37. The zero-order valence-electron chi connectivity index (χ0n) is 13.0. The van der Waals surface area contributed by atoms with Gasteiger partial charge >= 0.3 is 0 Å². The third-order valence-corrected chi connectivity index (χ3v) is 5.09. The van der Waals surface area contributed by atoms with Crippen LogP contribution in [0.2, 0.25) is 0 Å². The molecule has 2 aliphatic rings. The average molecular weight is 321 g/mol. The van der Waals surface area contributed by atoms with E-state index >= 15 is 0 Å². The molecule has 2 atom stereocenters. The van der Waals surface area contributed by atoms with Crippen molar-refractivity contribution in [2.24, 2.45) is 0 Å². The Morgan fingerprint density at radius 1 is 1.14 bits per heavy atom. The van der Waals surface area contributed by atoms with Crippen LogP contribution in [0, 0.1) is 0 Å². The lowest BCUT2D eigenvalue weighted by molar-refractivity contribution is -0.120. The second-order valence-corrected chi connectivity index (χ2v) is 6.82. The molecule has 0 saturated heterocycles. The van der Waals surface area contributed by atoms with Crippen LogP contribution in [-0.2, 0) is 11.3 Å². The summed E-state index contributed by atoms with van der Waals surface area (Å²) >= 11 is 5.68. The smallest absolute Gasteiger partial charge is 0.235 e. The van der Waals surface area contributed by atoms with Gasteiger partial charge in [-0.1, -0.05) is 43.2 Å². The van der Waals surface area contributed by atoms with Crippen molar-refractivity contribution in [3.05, 3.63) is 35.9 Å². The fraction of sp³-hybridized carbons (Fsp3) is 0.611. The predicted molar refractivity (Wildman–Crippen MR) is 89.9 cm³/mol. The standard InChI is InChI=1S/C18H25ClN2O/c19-12-18(22)20-16-8-4-5-9-17(16)21(15-10-11-15)13-14-6-2-1-3-7-14/h1-3,6-7,15-17H,4-5,8-13H2,(H,20,22)/t16-,17+/m0/s1. The van der Waals surface area contributed by atoms with E-state index in [0.29, 0.717) is 12.1 Å². The predicted octanol–water partition coefficient (Wildman–Crippen LogP) is 3.32. The van der Waals surface area contributed by atoms with E-state index in [9.17, 15) is 4.79 Å². The molecule has 1 aromatic rings. The normalized spacial score (nSPS) is 25.2. The number of alkyl halides is 1. The van der Waals surface area contributed by atoms with Gasteiger partial charge < -0.3 is 5.32 Å². The van der Waals surface area contributed by atoms with E-state index in [2.05, 4.69) is 40.5 Å². The Morgan fingerprint density at radius 2 is 1.86 bits per heavy atom. The Labute approximate surface area is 138 Å². The van der Waals surface area contributed by atoms with Gasteiger partial charge in [0.05, 0.1) is 0 Å². The van der Waals surface area contributed by atoms with Crippen LogP contribution in [0.25, 0.3) is 0 Å². The van der Waals surface area contributed by atoms with Gasteiger partial charge in [0.2, 0.25) is 5.91 Å². The molecule has 2 aliphatic carbocycles. The van der Waals surface area contributed by atoms with Gasteiger partial charge in [-0.25, -0.2) is 0 Å². The molecule has 3 rings (SSSR count). The number of carbonyl (C=O) groups excluding carboxylic acids is 1. The van der Waals surface area contributed by atoms with Crippen molar-refractivity contribution in [1.82, 2.24) is 10.2 Å². The molecule has 2 fully saturated rings. The molecular formula is C18H25ClN2O. The first-order valence-electron chi connectivity index (χ1n) is 8.43. The molecular weight excluding hydrogens is 296 g/mol. The minimum Gasteiger partial charge on any atom is -0.351 e. The monoisotopic (exact) mass is 320 g/mol. The van der Waals surface area contributed by atoms with Crippen molar-refractivity contribution in [2.45, 2.75) is 63.2 Å². The van der Waals surface area contributed by atoms with Crippen LogP contribution >= 0.6 is 11.6 Å². The van der Waals surface area contributed by atoms with Gasteiger partial charge in [-0.15, -0.1) is 11.6 Å². The van der Waals surface area contributed by atoms with Crippen LogP contribution in [0.15, 0.2) is 30.3 Å². The summed E-state index contributed by atoms with van der Waals surface area (Å²) in [6.45, 7) is 0.990. The third kappa shape index (κ3) is 4.02. The summed E-state index contributed by atoms with van der Waals surface area (Å²) in [5.41, 5.74) is 1.36. The van der Waals surface area contributed by atoms with E-state index in [4.69, 9.17) is 11.6 Å². The molecule has 4 heteroatoms. The zero-order chi connectivity index (χ0) is 15.4. The van der Waals surface area contributed by atoms with E-state index in [1.54, 1.807) is 0 Å². The molecule has 0 spiro atoms. The molecule has 2 saturated carbocycles. The molecule has 0 aromatic heterocycles. The second-order valence-electron chi connectivity index (χ2n) is 6.55. The lowest BCUT2D eigenvalue weighted by atomic mass is 9.88. The molecule has 0 radical (unpaired) electrons. The number of benzene rings is 1. The van der Waals surface area contributed by atoms with Gasteiger partial charge in [-0.3, -0.25) is 9.69 Å². The van der Waals surface area contributed by atoms with Gasteiger partial charge in [0.1, 0.15) is 5.88 Å². The fourth-order valence-corrected chi connectivity index (χ4v) is 3.72. The van der Waals surface area contributed by atoms with E-state index in [1.165, 1.54) is 37.7 Å². The summed E-state index contributed by atoms with van der Waals surface area (Å²) in [7, 11) is 0. The molecule has 1 amide bonds. The molecule has 1 N–H and O–H groups in total. The number of nitrogens with zero attached hydrogens (tertiary/aromatic N) is 1. The molecule has 120 valence electrons. The number of amides is 1. The molecule has 0 bridgehead atoms. The Balaban J connectivity index is 1.72. The number of nitrogens with one attached hydrogen (secondary N) is 1. The number of carbonyl (C=O) groups is 1. The first kappa shape index (κ1) is 15.8. The number of halogens is 1. The molecule has 22 heavy (non-hydrogen) atoms. The van der Waals surface area contributed by atoms with E-state index in [0.717, 1.165) is 13.0 Å². The highest BCUT2D eigenvalue weighted by Crippen LogP contribution is 2.35. The van der Waals surface area contributed by atoms with Crippen LogP contribution in [0.1, 0.15) is 44.1 Å². The lowest BCUT2D eigenvalue weighted by Crippen LogP contribution is -2.54. The minimum atomic E-state index is -0.0333. The molecule has 0 heterocycles. The van der Waals surface area contributed by atoms with Crippen molar-refractivity contribution in [2.75, 3.05) is 5.88 Å². The van der Waals surface area contributed by atoms with Gasteiger partial charge in [0.25, 0.3) is 0 Å². The molecule has 0 unspecified atom stereocenters. The van der Waals surface area contributed by atoms with Crippen LogP contribution in [-0.4, -0.2) is 34.8 Å². The second kappa shape index (κ2) is 7.47. The highest BCUT2D eigenvalue weighted by molar-refractivity contribution is 6.27. The van der Waals surface area contributed by atoms with E-state index in [-0.39, 0.29) is 17.8 Å². The van der Waals surface area contributed by atoms with Crippen molar-refractivity contribution in [3.63, 3.8) is 0 Å². The van der Waals surface area contributed by atoms with Crippen LogP contribution in [0.4, 0.5) is 0 Å². The van der Waals surface area contributed by atoms with E-state index < -0.39 is 0 Å². The summed E-state index contributed by atoms with van der Waals surface area (Å²) in [5.74, 6) is 0.0275. The highest BCUT2D eigenvalue weighted by atomic mass is 35.5. The Morgan fingerprint density at radius 3 is 2.55 bits per heavy atom. The Hall–Kier alpha value is -1.06. The van der Waals surface area contributed by atoms with Crippen molar-refractivity contribution in [3.8, 4) is 0 Å². The third-order valence-electron chi connectivity index (χ3n) is 4.85. The molecule has 0 aliphatic heterocycles. The lowest BCUT2D eigenvalue weighted by Gasteiger charge is -2.40. The topological polar surface area (TPSA) is 32.3 Å². The van der Waals surface area contributed by atoms with Crippen molar-refractivity contribution < 1.29 is 4.79 Å². The van der Waals surface area contributed by atoms with Crippen LogP contribution in [0.5, 0.6) is 0 Å². The van der Waals surface area contributed by atoms with Crippen molar-refractivity contribution >= 4 is 17.5 Å². The molecule has 3 nitrogen and oxygen atoms in total. The van der Waals surface area contributed by atoms with Crippen molar-refractivity contribution in [1.29, 1.82) is 0 Å². The van der Waals surface area contributed by atoms with Gasteiger partial charge in [0, 0.05) is 24.7 Å². The van der Waals surface area contributed by atoms with Gasteiger partial charge in [-0.05, 0) is 31.2 Å². The maximum Gasteiger partial charge on any atom is 0.235 e. The SMILES string of the molecule is O=C(CCl)N[C@H]1CCCC[C@H]1N(Cc1ccccc1)C1CC1. The summed E-state index contributed by atoms with van der Waals surface area (Å²) < 4.78 is 0. The van der Waals surface area contributed by atoms with E-state index in [1.807, 2.05) is 0 Å². The number of rotatable bonds is 6. The summed E-state index contributed by atoms with van der Waals surface area (Å²) in [4.78, 5) is 14.4. The fourth-order valence-electron chi connectivity index (χ4n) is 3.64. The first-order chi connectivity index (χ1) is 10.8. The Bertz CT molecular complexity index is 489. The maximum atomic E-state index is 11.7. The number of hydrogen-bond acceptors (Lipinski definition) is 2. The maximum absolute atomic E-state index is 11.7. The minimum absolute atomic E-state index is 0.0333. The molecule has 1 aromatic carbocycles. The van der Waals surface area contributed by atoms with Crippen LogP contribution in [0.3, 0.4) is 0 Å². The summed E-state index contributed by atoms with van der Waals surface area (Å²) in [5, 5.41) is 3.15.